The Morgan fingerprint density at radius 2 is 1.68 bits per heavy atom. The molecule has 3 heterocycles. The Morgan fingerprint density at radius 1 is 0.882 bits per heavy atom. The van der Waals surface area contributed by atoms with Gasteiger partial charge in [-0.05, 0) is 43.5 Å². The van der Waals surface area contributed by atoms with Crippen LogP contribution in [-0.4, -0.2) is 40.4 Å². The van der Waals surface area contributed by atoms with Crippen molar-refractivity contribution in [1.82, 2.24) is 14.9 Å². The van der Waals surface area contributed by atoms with Crippen LogP contribution in [0.25, 0.3) is 0 Å². The van der Waals surface area contributed by atoms with Crippen molar-refractivity contribution < 1.29 is 22.7 Å². The van der Waals surface area contributed by atoms with Gasteiger partial charge in [0.25, 0.3) is 5.91 Å². The monoisotopic (exact) mass is 468 g/mol. The highest BCUT2D eigenvalue weighted by atomic mass is 19.2. The fraction of sp³-hybridized carbons (Fsp3) is 0.320. The lowest BCUT2D eigenvalue weighted by atomic mass is 10.0. The molecule has 0 radical (unpaired) electrons. The second-order valence-corrected chi connectivity index (χ2v) is 8.44. The largest absolute Gasteiger partial charge is 0.438 e. The number of hydrogen-bond donors (Lipinski definition) is 0. The molecule has 0 unspecified atom stereocenters. The topological polar surface area (TPSA) is 58.6 Å². The van der Waals surface area contributed by atoms with Crippen molar-refractivity contribution in [3.63, 3.8) is 0 Å². The predicted molar refractivity (Wildman–Crippen MR) is 119 cm³/mol. The molecule has 2 aromatic carbocycles. The zero-order valence-corrected chi connectivity index (χ0v) is 18.4. The van der Waals surface area contributed by atoms with Gasteiger partial charge < -0.3 is 14.5 Å². The van der Waals surface area contributed by atoms with Crippen molar-refractivity contribution in [2.45, 2.75) is 32.2 Å². The van der Waals surface area contributed by atoms with Crippen LogP contribution < -0.4 is 9.64 Å². The van der Waals surface area contributed by atoms with Crippen LogP contribution >= 0.6 is 0 Å². The number of carbonyl (C=O) groups excluding carboxylic acids is 1. The summed E-state index contributed by atoms with van der Waals surface area (Å²) < 4.78 is 47.3. The van der Waals surface area contributed by atoms with E-state index in [2.05, 4.69) is 9.88 Å². The molecule has 9 heteroatoms. The zero-order valence-electron chi connectivity index (χ0n) is 18.4. The smallest absolute Gasteiger partial charge is 0.257 e. The van der Waals surface area contributed by atoms with E-state index in [0.717, 1.165) is 50.2 Å². The summed E-state index contributed by atoms with van der Waals surface area (Å²) in [5.74, 6) is -2.26. The molecule has 34 heavy (non-hydrogen) atoms. The highest BCUT2D eigenvalue weighted by Crippen LogP contribution is 2.33. The first-order chi connectivity index (χ1) is 16.5. The van der Waals surface area contributed by atoms with E-state index in [1.165, 1.54) is 29.2 Å². The van der Waals surface area contributed by atoms with Crippen LogP contribution in [0.2, 0.25) is 0 Å². The van der Waals surface area contributed by atoms with Gasteiger partial charge in [0.1, 0.15) is 11.6 Å². The van der Waals surface area contributed by atoms with E-state index in [1.807, 2.05) is 0 Å². The van der Waals surface area contributed by atoms with Crippen LogP contribution in [0.5, 0.6) is 11.6 Å². The number of piperidine rings is 1. The Morgan fingerprint density at radius 3 is 2.44 bits per heavy atom. The number of amides is 1. The van der Waals surface area contributed by atoms with E-state index in [9.17, 15) is 18.0 Å². The fourth-order valence-electron chi connectivity index (χ4n) is 4.32. The van der Waals surface area contributed by atoms with Crippen LogP contribution in [-0.2, 0) is 13.0 Å². The summed E-state index contributed by atoms with van der Waals surface area (Å²) in [7, 11) is 0. The number of ether oxygens (including phenoxy) is 1. The minimum Gasteiger partial charge on any atom is -0.438 e. The first kappa shape index (κ1) is 22.2. The minimum absolute atomic E-state index is 0.0140. The highest BCUT2D eigenvalue weighted by Gasteiger charge is 2.29. The number of carbonyl (C=O) groups is 1. The van der Waals surface area contributed by atoms with Gasteiger partial charge in [0.05, 0.1) is 23.4 Å². The Balaban J connectivity index is 1.50. The summed E-state index contributed by atoms with van der Waals surface area (Å²) in [6.07, 6.45) is 3.65. The molecule has 0 spiro atoms. The number of nitrogens with zero attached hydrogens (tertiary/aromatic N) is 4. The van der Waals surface area contributed by atoms with Gasteiger partial charge in [0, 0.05) is 32.1 Å². The van der Waals surface area contributed by atoms with E-state index >= 15 is 0 Å². The second kappa shape index (κ2) is 9.32. The molecule has 2 aliphatic heterocycles. The maximum absolute atomic E-state index is 14.2. The number of hydrogen-bond acceptors (Lipinski definition) is 5. The molecule has 0 bridgehead atoms. The molecule has 0 saturated carbocycles. The number of benzene rings is 2. The van der Waals surface area contributed by atoms with Crippen LogP contribution in [0.4, 0.5) is 19.1 Å². The zero-order chi connectivity index (χ0) is 23.7. The quantitative estimate of drug-likeness (QED) is 0.547. The Labute approximate surface area is 195 Å². The number of anilines is 1. The molecule has 0 atom stereocenters. The van der Waals surface area contributed by atoms with Gasteiger partial charge >= 0.3 is 0 Å². The molecule has 2 aliphatic rings. The first-order valence-corrected chi connectivity index (χ1v) is 11.3. The van der Waals surface area contributed by atoms with Crippen LogP contribution in [0, 0.1) is 17.5 Å². The average molecular weight is 468 g/mol. The third-order valence-corrected chi connectivity index (χ3v) is 6.15. The van der Waals surface area contributed by atoms with Gasteiger partial charge in [-0.1, -0.05) is 12.1 Å². The van der Waals surface area contributed by atoms with Gasteiger partial charge in [0.15, 0.2) is 11.6 Å². The highest BCUT2D eigenvalue weighted by molar-refractivity contribution is 5.94. The lowest BCUT2D eigenvalue weighted by Gasteiger charge is -2.32. The summed E-state index contributed by atoms with van der Waals surface area (Å²) in [6.45, 7) is 2.12. The molecule has 5 rings (SSSR count). The van der Waals surface area contributed by atoms with Gasteiger partial charge in [-0.2, -0.15) is 4.98 Å². The standard InChI is InChI=1S/C25H23F3N4O2/c26-19-7-3-2-6-17(19)24(33)32-13-10-22-18(15-32)23(34-16-8-9-20(27)21(28)14-16)30-25(29-22)31-11-4-1-5-12-31/h2-3,6-9,14H,1,4-5,10-13,15H2. The Bertz CT molecular complexity index is 1230. The maximum atomic E-state index is 14.2. The summed E-state index contributed by atoms with van der Waals surface area (Å²) in [4.78, 5) is 25.9. The molecule has 1 amide bonds. The predicted octanol–water partition coefficient (Wildman–Crippen LogP) is 4.88. The normalized spacial score (nSPS) is 15.7. The molecule has 0 N–H and O–H groups in total. The van der Waals surface area contributed by atoms with Crippen molar-refractivity contribution in [2.24, 2.45) is 0 Å². The van der Waals surface area contributed by atoms with E-state index in [4.69, 9.17) is 9.72 Å². The van der Waals surface area contributed by atoms with Crippen molar-refractivity contribution in [2.75, 3.05) is 24.5 Å². The van der Waals surface area contributed by atoms with E-state index in [1.54, 1.807) is 6.07 Å². The molecular weight excluding hydrogens is 445 g/mol. The maximum Gasteiger partial charge on any atom is 0.257 e. The SMILES string of the molecule is O=C(c1ccccc1F)N1CCc2nc(N3CCCCC3)nc(Oc3ccc(F)c(F)c3)c2C1. The Kier molecular flexibility index (Phi) is 6.08. The molecule has 1 fully saturated rings. The third-order valence-electron chi connectivity index (χ3n) is 6.15. The number of rotatable bonds is 4. The van der Waals surface area contributed by atoms with Crippen molar-refractivity contribution >= 4 is 11.9 Å². The lowest BCUT2D eigenvalue weighted by molar-refractivity contribution is 0.0727. The van der Waals surface area contributed by atoms with E-state index in [0.29, 0.717) is 24.5 Å². The molecule has 3 aromatic rings. The minimum atomic E-state index is -1.03. The Hall–Kier alpha value is -3.62. The molecule has 176 valence electrons. The van der Waals surface area contributed by atoms with Crippen LogP contribution in [0.3, 0.4) is 0 Å². The third kappa shape index (κ3) is 4.42. The van der Waals surface area contributed by atoms with Gasteiger partial charge in [-0.25, -0.2) is 18.2 Å². The van der Waals surface area contributed by atoms with Gasteiger partial charge in [-0.3, -0.25) is 4.79 Å². The average Bonchev–Trinajstić information content (AvgIpc) is 2.86. The lowest BCUT2D eigenvalue weighted by Crippen LogP contribution is -2.38. The molecule has 1 saturated heterocycles. The van der Waals surface area contributed by atoms with E-state index < -0.39 is 23.4 Å². The van der Waals surface area contributed by atoms with Gasteiger partial charge in [-0.15, -0.1) is 0 Å². The summed E-state index contributed by atoms with van der Waals surface area (Å²) in [5.41, 5.74) is 1.28. The summed E-state index contributed by atoms with van der Waals surface area (Å²) >= 11 is 0. The fourth-order valence-corrected chi connectivity index (χ4v) is 4.32. The number of fused-ring (bicyclic) bond motifs is 1. The van der Waals surface area contributed by atoms with Crippen molar-refractivity contribution in [1.29, 1.82) is 0 Å². The molecule has 0 aliphatic carbocycles. The number of halogens is 3. The van der Waals surface area contributed by atoms with Crippen molar-refractivity contribution in [3.05, 3.63) is 76.7 Å². The summed E-state index contributed by atoms with van der Waals surface area (Å²) in [5, 5.41) is 0. The van der Waals surface area contributed by atoms with Crippen LogP contribution in [0.15, 0.2) is 42.5 Å². The number of aromatic nitrogens is 2. The molecular formula is C25H23F3N4O2. The summed E-state index contributed by atoms with van der Waals surface area (Å²) in [6, 6.07) is 9.09. The van der Waals surface area contributed by atoms with Crippen LogP contribution in [0.1, 0.15) is 40.9 Å². The van der Waals surface area contributed by atoms with Gasteiger partial charge in [0.2, 0.25) is 11.8 Å². The van der Waals surface area contributed by atoms with E-state index in [-0.39, 0.29) is 23.7 Å². The van der Waals surface area contributed by atoms with Crippen molar-refractivity contribution in [3.8, 4) is 11.6 Å². The first-order valence-electron chi connectivity index (χ1n) is 11.3. The molecule has 6 nitrogen and oxygen atoms in total. The second-order valence-electron chi connectivity index (χ2n) is 8.44. The molecule has 1 aromatic heterocycles.